The fourth-order valence-electron chi connectivity index (χ4n) is 3.91. The maximum absolute atomic E-state index is 13.2. The van der Waals surface area contributed by atoms with Crippen molar-refractivity contribution in [3.8, 4) is 0 Å². The third-order valence-electron chi connectivity index (χ3n) is 5.81. The summed E-state index contributed by atoms with van der Waals surface area (Å²) in [4.78, 5) is 54.3. The number of β-lactam (4-membered cyclic amide) rings is 1. The van der Waals surface area contributed by atoms with Crippen LogP contribution in [-0.2, 0) is 32.9 Å². The lowest BCUT2D eigenvalue weighted by atomic mass is 10.0. The standard InChI is InChI=1S/C23H22N8O5S4/c1-30-4-2-13(3-5-30)37-7-11-8-38-20-16(19(33)31(20)17(11)21(34)35)28-18(32)15(14-10-40-23(25)27-14)29-36-6-12-9-39-22(24)26-12/h2-5,9-10,16,20H,6-8H2,1H3,(H5-,24,25,26,27,28,32,34,35)/p+1/b29-15-/t16-,20-/m1/s1. The molecule has 2 aliphatic rings. The molecular weight excluding hydrogens is 597 g/mol. The first-order valence-corrected chi connectivity index (χ1v) is 15.4. The molecule has 5 rings (SSSR count). The van der Waals surface area contributed by atoms with E-state index >= 15 is 0 Å². The van der Waals surface area contributed by atoms with E-state index in [1.165, 1.54) is 39.8 Å². The smallest absolute Gasteiger partial charge is 0.352 e. The van der Waals surface area contributed by atoms with Gasteiger partial charge in [-0.15, -0.1) is 46.2 Å². The molecule has 0 spiro atoms. The SMILES string of the molecule is C[n+]1ccc(SCC2=C(C(=O)O)N3C(=O)[C@@H](NC(=O)/C(=N\OCc4csc(N)n4)c4csc(N)n4)[C@H]3SC2)cc1. The molecule has 2 atom stereocenters. The molecule has 0 radical (unpaired) electrons. The number of aromatic nitrogens is 3. The predicted octanol–water partition coefficient (Wildman–Crippen LogP) is 1.04. The monoisotopic (exact) mass is 619 g/mol. The first-order valence-electron chi connectivity index (χ1n) is 11.6. The van der Waals surface area contributed by atoms with Gasteiger partial charge >= 0.3 is 5.97 Å². The summed E-state index contributed by atoms with van der Waals surface area (Å²) in [6.45, 7) is -0.0340. The fraction of sp³-hybridized carbons (Fsp3) is 0.261. The highest BCUT2D eigenvalue weighted by Crippen LogP contribution is 2.41. The van der Waals surface area contributed by atoms with Crippen LogP contribution in [0, 0.1) is 0 Å². The molecule has 13 nitrogen and oxygen atoms in total. The number of thiazole rings is 2. The van der Waals surface area contributed by atoms with Crippen molar-refractivity contribution in [2.24, 2.45) is 12.2 Å². The number of nitrogen functional groups attached to an aromatic ring is 2. The maximum Gasteiger partial charge on any atom is 0.352 e. The van der Waals surface area contributed by atoms with Crippen LogP contribution >= 0.6 is 46.2 Å². The molecule has 3 aromatic heterocycles. The number of hydrogen-bond acceptors (Lipinski definition) is 13. The van der Waals surface area contributed by atoms with Crippen LogP contribution in [0.3, 0.4) is 0 Å². The molecule has 17 heteroatoms. The van der Waals surface area contributed by atoms with Gasteiger partial charge in [-0.3, -0.25) is 14.5 Å². The Hall–Kier alpha value is -3.67. The van der Waals surface area contributed by atoms with Crippen molar-refractivity contribution in [1.82, 2.24) is 20.2 Å². The highest BCUT2D eigenvalue weighted by Gasteiger charge is 2.54. The molecule has 0 saturated carbocycles. The van der Waals surface area contributed by atoms with Crippen LogP contribution in [0.1, 0.15) is 11.4 Å². The molecule has 2 amide bonds. The lowest BCUT2D eigenvalue weighted by Crippen LogP contribution is -2.71. The molecule has 208 valence electrons. The summed E-state index contributed by atoms with van der Waals surface area (Å²) < 4.78 is 1.91. The van der Waals surface area contributed by atoms with Gasteiger partial charge < -0.3 is 26.7 Å². The summed E-state index contributed by atoms with van der Waals surface area (Å²) >= 11 is 5.25. The maximum atomic E-state index is 13.2. The van der Waals surface area contributed by atoms with Gasteiger partial charge in [-0.2, -0.15) is 0 Å². The molecule has 1 saturated heterocycles. The van der Waals surface area contributed by atoms with Crippen molar-refractivity contribution in [1.29, 1.82) is 0 Å². The lowest BCUT2D eigenvalue weighted by molar-refractivity contribution is -0.671. The minimum Gasteiger partial charge on any atom is -0.477 e. The third kappa shape index (κ3) is 5.91. The summed E-state index contributed by atoms with van der Waals surface area (Å²) in [7, 11) is 1.91. The summed E-state index contributed by atoms with van der Waals surface area (Å²) in [5, 5.41) is 19.8. The molecule has 3 aromatic rings. The minimum absolute atomic E-state index is 0.0340. The first-order chi connectivity index (χ1) is 19.2. The van der Waals surface area contributed by atoms with Crippen molar-refractivity contribution in [3.63, 3.8) is 0 Å². The van der Waals surface area contributed by atoms with E-state index in [9.17, 15) is 19.5 Å². The zero-order valence-corrected chi connectivity index (χ0v) is 24.1. The summed E-state index contributed by atoms with van der Waals surface area (Å²) in [5.41, 5.74) is 12.5. The van der Waals surface area contributed by atoms with Crippen molar-refractivity contribution in [3.05, 3.63) is 57.9 Å². The Balaban J connectivity index is 1.29. The van der Waals surface area contributed by atoms with Crippen LogP contribution in [0.4, 0.5) is 10.3 Å². The van der Waals surface area contributed by atoms with E-state index in [4.69, 9.17) is 16.3 Å². The Morgan fingerprint density at radius 1 is 1.25 bits per heavy atom. The number of rotatable bonds is 10. The quantitative estimate of drug-likeness (QED) is 0.0834. The first kappa shape index (κ1) is 27.9. The van der Waals surface area contributed by atoms with Gasteiger partial charge in [0, 0.05) is 39.3 Å². The van der Waals surface area contributed by atoms with Crippen molar-refractivity contribution < 1.29 is 28.9 Å². The van der Waals surface area contributed by atoms with Crippen LogP contribution in [0.5, 0.6) is 0 Å². The Morgan fingerprint density at radius 2 is 1.98 bits per heavy atom. The van der Waals surface area contributed by atoms with Gasteiger partial charge in [-0.25, -0.2) is 19.3 Å². The van der Waals surface area contributed by atoms with Crippen molar-refractivity contribution in [2.75, 3.05) is 23.0 Å². The summed E-state index contributed by atoms with van der Waals surface area (Å²) in [6.07, 6.45) is 3.81. The number of fused-ring (bicyclic) bond motifs is 1. The second-order valence-corrected chi connectivity index (χ2v) is 12.5. The second-order valence-electron chi connectivity index (χ2n) is 8.57. The number of pyridine rings is 1. The zero-order chi connectivity index (χ0) is 28.4. The summed E-state index contributed by atoms with van der Waals surface area (Å²) in [5.74, 6) is -1.59. The van der Waals surface area contributed by atoms with Gasteiger partial charge in [0.25, 0.3) is 11.8 Å². The number of nitrogens with one attached hydrogen (secondary N) is 1. The van der Waals surface area contributed by atoms with E-state index in [1.54, 1.807) is 10.8 Å². The van der Waals surface area contributed by atoms with E-state index < -0.39 is 29.2 Å². The Kier molecular flexibility index (Phi) is 8.24. The number of thioether (sulfide) groups is 2. The lowest BCUT2D eigenvalue weighted by Gasteiger charge is -2.49. The molecule has 1 fully saturated rings. The molecule has 40 heavy (non-hydrogen) atoms. The topological polar surface area (TPSA) is 190 Å². The number of aryl methyl sites for hydroxylation is 1. The largest absolute Gasteiger partial charge is 0.477 e. The normalized spacial score (nSPS) is 18.8. The van der Waals surface area contributed by atoms with E-state index in [2.05, 4.69) is 20.4 Å². The van der Waals surface area contributed by atoms with Gasteiger partial charge in [0.2, 0.25) is 0 Å². The second kappa shape index (κ2) is 11.8. The predicted molar refractivity (Wildman–Crippen MR) is 152 cm³/mol. The number of carbonyl (C=O) groups excluding carboxylic acids is 2. The van der Waals surface area contributed by atoms with Crippen LogP contribution in [0.25, 0.3) is 0 Å². The molecule has 2 aliphatic heterocycles. The number of carbonyl (C=O) groups is 3. The Labute approximate surface area is 244 Å². The van der Waals surface area contributed by atoms with E-state index in [0.717, 1.165) is 16.2 Å². The molecule has 0 aromatic carbocycles. The van der Waals surface area contributed by atoms with Crippen LogP contribution in [0.2, 0.25) is 0 Å². The van der Waals surface area contributed by atoms with Gasteiger partial charge in [0.05, 0.1) is 5.69 Å². The van der Waals surface area contributed by atoms with Gasteiger partial charge in [0.1, 0.15) is 29.9 Å². The number of oxime groups is 1. The van der Waals surface area contributed by atoms with Gasteiger partial charge in [-0.05, 0) is 5.57 Å². The van der Waals surface area contributed by atoms with Crippen LogP contribution < -0.4 is 21.4 Å². The van der Waals surface area contributed by atoms with E-state index in [0.29, 0.717) is 27.9 Å². The molecule has 6 N–H and O–H groups in total. The average molecular weight is 620 g/mol. The highest BCUT2D eigenvalue weighted by molar-refractivity contribution is 8.01. The third-order valence-corrected chi connectivity index (χ3v) is 9.65. The Morgan fingerprint density at radius 3 is 2.62 bits per heavy atom. The molecule has 0 bridgehead atoms. The van der Waals surface area contributed by atoms with Gasteiger partial charge in [0.15, 0.2) is 35.0 Å². The van der Waals surface area contributed by atoms with Crippen molar-refractivity contribution in [2.45, 2.75) is 22.9 Å². The zero-order valence-electron chi connectivity index (χ0n) is 20.8. The van der Waals surface area contributed by atoms with E-state index in [1.807, 2.05) is 36.1 Å². The number of anilines is 2. The fourth-order valence-corrected chi connectivity index (χ4v) is 7.38. The van der Waals surface area contributed by atoms with Crippen molar-refractivity contribution >= 4 is 80.0 Å². The van der Waals surface area contributed by atoms with Gasteiger partial charge in [-0.1, -0.05) is 5.16 Å². The minimum atomic E-state index is -1.19. The number of amides is 2. The molecule has 5 heterocycles. The number of nitrogens with zero attached hydrogens (tertiary/aromatic N) is 5. The van der Waals surface area contributed by atoms with Crippen LogP contribution in [0.15, 0.2) is 56.6 Å². The van der Waals surface area contributed by atoms with E-state index in [-0.39, 0.29) is 28.8 Å². The molecular formula is C23H23N8O5S4+. The number of nitrogens with two attached hydrogens (primary N) is 2. The Bertz CT molecular complexity index is 1520. The number of hydrogen-bond donors (Lipinski definition) is 4. The average Bonchev–Trinajstić information content (AvgIpc) is 3.55. The number of carboxylic acid groups (broad SMARTS) is 1. The molecule has 0 unspecified atom stereocenters. The number of carboxylic acids is 1. The number of aliphatic carboxylic acids is 1. The van der Waals surface area contributed by atoms with Crippen LogP contribution in [-0.4, -0.2) is 66.4 Å². The summed E-state index contributed by atoms with van der Waals surface area (Å²) in [6, 6.07) is 2.93. The molecule has 0 aliphatic carbocycles. The highest BCUT2D eigenvalue weighted by atomic mass is 32.2.